The molecule has 0 saturated heterocycles. The molecular weight excluding hydrogens is 268 g/mol. The van der Waals surface area contributed by atoms with Crippen molar-refractivity contribution in [1.29, 1.82) is 0 Å². The van der Waals surface area contributed by atoms with E-state index in [-0.39, 0.29) is 0 Å². The average Bonchev–Trinajstić information content (AvgIpc) is 2.57. The molecule has 0 aliphatic heterocycles. The van der Waals surface area contributed by atoms with Gasteiger partial charge in [0.15, 0.2) is 0 Å². The monoisotopic (exact) mass is 276 g/mol. The van der Waals surface area contributed by atoms with Crippen molar-refractivity contribution in [2.45, 2.75) is 6.92 Å². The molecule has 0 unspecified atom stereocenters. The fourth-order valence-corrected chi connectivity index (χ4v) is 3.69. The molecule has 0 aliphatic carbocycles. The van der Waals surface area contributed by atoms with Crippen LogP contribution in [0.25, 0.3) is 20.2 Å². The molecule has 0 nitrogen and oxygen atoms in total. The van der Waals surface area contributed by atoms with Crippen LogP contribution in [0.1, 0.15) is 5.56 Å². The molecule has 0 N–H and O–H groups in total. The molecule has 1 heterocycles. The second-order valence-electron chi connectivity index (χ2n) is 3.72. The molecule has 0 bridgehead atoms. The maximum atomic E-state index is 3.60. The molecule has 3 rings (SSSR count). The number of fused-ring (bicyclic) bond motifs is 3. The summed E-state index contributed by atoms with van der Waals surface area (Å²) in [7, 11) is 0. The molecule has 0 aliphatic rings. The lowest BCUT2D eigenvalue weighted by atomic mass is 10.1. The van der Waals surface area contributed by atoms with Crippen LogP contribution in [-0.2, 0) is 0 Å². The molecule has 0 spiro atoms. The standard InChI is InChI=1S/C13H9BrS/c1-8-5-6-9-10-3-2-4-11(14)13(10)15-12(9)7-8/h2-7H,1H3. The van der Waals surface area contributed by atoms with E-state index in [0.29, 0.717) is 0 Å². The SMILES string of the molecule is Cc1ccc2c(c1)sc1c(Br)cccc12. The van der Waals surface area contributed by atoms with Gasteiger partial charge in [0.2, 0.25) is 0 Å². The third-order valence-electron chi connectivity index (χ3n) is 2.61. The molecule has 0 amide bonds. The van der Waals surface area contributed by atoms with Gasteiger partial charge in [-0.1, -0.05) is 24.3 Å². The van der Waals surface area contributed by atoms with Gasteiger partial charge in [-0.25, -0.2) is 0 Å². The largest absolute Gasteiger partial charge is 0.134 e. The summed E-state index contributed by atoms with van der Waals surface area (Å²) in [6.07, 6.45) is 0. The minimum Gasteiger partial charge on any atom is -0.134 e. The number of halogens is 1. The lowest BCUT2D eigenvalue weighted by Gasteiger charge is -1.93. The quantitative estimate of drug-likeness (QED) is 0.534. The first-order chi connectivity index (χ1) is 7.25. The Labute approximate surface area is 101 Å². The molecule has 0 fully saturated rings. The van der Waals surface area contributed by atoms with Crippen LogP contribution in [0.15, 0.2) is 40.9 Å². The van der Waals surface area contributed by atoms with E-state index in [1.807, 2.05) is 11.3 Å². The Hall–Kier alpha value is -0.860. The third kappa shape index (κ3) is 1.40. The van der Waals surface area contributed by atoms with Crippen LogP contribution in [0.4, 0.5) is 0 Å². The molecule has 0 saturated carbocycles. The van der Waals surface area contributed by atoms with Gasteiger partial charge in [-0.2, -0.15) is 0 Å². The van der Waals surface area contributed by atoms with Crippen molar-refractivity contribution >= 4 is 47.4 Å². The van der Waals surface area contributed by atoms with Crippen molar-refractivity contribution in [3.8, 4) is 0 Å². The number of thiophene rings is 1. The third-order valence-corrected chi connectivity index (χ3v) is 4.73. The summed E-state index contributed by atoms with van der Waals surface area (Å²) in [5.41, 5.74) is 1.32. The highest BCUT2D eigenvalue weighted by Gasteiger charge is 2.06. The number of benzene rings is 2. The van der Waals surface area contributed by atoms with E-state index in [9.17, 15) is 0 Å². The van der Waals surface area contributed by atoms with E-state index in [1.54, 1.807) is 0 Å². The summed E-state index contributed by atoms with van der Waals surface area (Å²) >= 11 is 5.46. The normalized spacial score (nSPS) is 11.3. The smallest absolute Gasteiger partial charge is 0.0497 e. The minimum absolute atomic E-state index is 1.19. The zero-order valence-electron chi connectivity index (χ0n) is 8.25. The van der Waals surface area contributed by atoms with Gasteiger partial charge in [-0.3, -0.25) is 0 Å². The molecule has 0 atom stereocenters. The lowest BCUT2D eigenvalue weighted by Crippen LogP contribution is -1.69. The number of aryl methyl sites for hydroxylation is 1. The van der Waals surface area contributed by atoms with E-state index in [1.165, 1.54) is 30.2 Å². The van der Waals surface area contributed by atoms with Gasteiger partial charge in [0.05, 0.1) is 0 Å². The van der Waals surface area contributed by atoms with Crippen LogP contribution < -0.4 is 0 Å². The fourth-order valence-electron chi connectivity index (χ4n) is 1.87. The predicted octanol–water partition coefficient (Wildman–Crippen LogP) is 5.13. The van der Waals surface area contributed by atoms with Gasteiger partial charge in [0.25, 0.3) is 0 Å². The number of hydrogen-bond donors (Lipinski definition) is 0. The maximum Gasteiger partial charge on any atom is 0.0497 e. The second-order valence-corrected chi connectivity index (χ2v) is 5.62. The lowest BCUT2D eigenvalue weighted by molar-refractivity contribution is 1.52. The van der Waals surface area contributed by atoms with Crippen molar-refractivity contribution in [3.63, 3.8) is 0 Å². The maximum absolute atomic E-state index is 3.60. The van der Waals surface area contributed by atoms with E-state index in [2.05, 4.69) is 59.3 Å². The first-order valence-corrected chi connectivity index (χ1v) is 6.44. The average molecular weight is 277 g/mol. The first-order valence-electron chi connectivity index (χ1n) is 4.83. The van der Waals surface area contributed by atoms with Crippen molar-refractivity contribution in [2.75, 3.05) is 0 Å². The van der Waals surface area contributed by atoms with Gasteiger partial charge in [-0.05, 0) is 40.5 Å². The zero-order chi connectivity index (χ0) is 10.4. The van der Waals surface area contributed by atoms with Crippen molar-refractivity contribution in [2.24, 2.45) is 0 Å². The van der Waals surface area contributed by atoms with Crippen LogP contribution in [-0.4, -0.2) is 0 Å². The summed E-state index contributed by atoms with van der Waals surface area (Å²) in [4.78, 5) is 0. The molecule has 2 aromatic carbocycles. The van der Waals surface area contributed by atoms with Crippen molar-refractivity contribution in [1.82, 2.24) is 0 Å². The Bertz CT molecular complexity index is 652. The first kappa shape index (κ1) is 9.37. The molecule has 1 aromatic heterocycles. The van der Waals surface area contributed by atoms with Crippen LogP contribution >= 0.6 is 27.3 Å². The molecule has 2 heteroatoms. The highest BCUT2D eigenvalue weighted by molar-refractivity contribution is 9.10. The molecule has 15 heavy (non-hydrogen) atoms. The van der Waals surface area contributed by atoms with E-state index in [0.717, 1.165) is 0 Å². The summed E-state index contributed by atoms with van der Waals surface area (Å²) in [6, 6.07) is 13.0. The number of hydrogen-bond acceptors (Lipinski definition) is 1. The topological polar surface area (TPSA) is 0 Å². The summed E-state index contributed by atoms with van der Waals surface area (Å²) < 4.78 is 3.91. The molecule has 0 radical (unpaired) electrons. The second kappa shape index (κ2) is 3.32. The van der Waals surface area contributed by atoms with Crippen LogP contribution in [0.3, 0.4) is 0 Å². The van der Waals surface area contributed by atoms with E-state index in [4.69, 9.17) is 0 Å². The summed E-state index contributed by atoms with van der Waals surface area (Å²) in [6.45, 7) is 2.14. The Kier molecular flexibility index (Phi) is 2.08. The Balaban J connectivity index is 2.57. The zero-order valence-corrected chi connectivity index (χ0v) is 10.7. The van der Waals surface area contributed by atoms with E-state index < -0.39 is 0 Å². The Morgan fingerprint density at radius 2 is 1.93 bits per heavy atom. The predicted molar refractivity (Wildman–Crippen MR) is 71.8 cm³/mol. The highest BCUT2D eigenvalue weighted by atomic mass is 79.9. The Morgan fingerprint density at radius 1 is 1.07 bits per heavy atom. The van der Waals surface area contributed by atoms with E-state index >= 15 is 0 Å². The number of rotatable bonds is 0. The van der Waals surface area contributed by atoms with Gasteiger partial charge in [-0.15, -0.1) is 11.3 Å². The van der Waals surface area contributed by atoms with Gasteiger partial charge >= 0.3 is 0 Å². The molecular formula is C13H9BrS. The van der Waals surface area contributed by atoms with Gasteiger partial charge in [0.1, 0.15) is 0 Å². The van der Waals surface area contributed by atoms with Crippen molar-refractivity contribution < 1.29 is 0 Å². The van der Waals surface area contributed by atoms with Gasteiger partial charge < -0.3 is 0 Å². The Morgan fingerprint density at radius 3 is 2.80 bits per heavy atom. The van der Waals surface area contributed by atoms with Crippen LogP contribution in [0.2, 0.25) is 0 Å². The van der Waals surface area contributed by atoms with Crippen molar-refractivity contribution in [3.05, 3.63) is 46.4 Å². The fraction of sp³-hybridized carbons (Fsp3) is 0.0769. The summed E-state index contributed by atoms with van der Waals surface area (Å²) in [5, 5.41) is 2.71. The molecule has 3 aromatic rings. The minimum atomic E-state index is 1.19. The van der Waals surface area contributed by atoms with Gasteiger partial charge in [0, 0.05) is 24.6 Å². The molecule has 74 valence electrons. The van der Waals surface area contributed by atoms with Crippen LogP contribution in [0, 0.1) is 6.92 Å². The van der Waals surface area contributed by atoms with Crippen LogP contribution in [0.5, 0.6) is 0 Å². The highest BCUT2D eigenvalue weighted by Crippen LogP contribution is 2.38. The summed E-state index contributed by atoms with van der Waals surface area (Å²) in [5.74, 6) is 0.